The molecule has 0 spiro atoms. The summed E-state index contributed by atoms with van der Waals surface area (Å²) in [5, 5.41) is 10.7. The maximum atomic E-state index is 13.2. The highest BCUT2D eigenvalue weighted by Crippen LogP contribution is 2.45. The van der Waals surface area contributed by atoms with Gasteiger partial charge in [0.05, 0.1) is 22.7 Å². The third-order valence-electron chi connectivity index (χ3n) is 8.87. The minimum Gasteiger partial charge on any atom is -0.444 e. The summed E-state index contributed by atoms with van der Waals surface area (Å²) in [7, 11) is 0. The number of fused-ring (bicyclic) bond motifs is 5. The van der Waals surface area contributed by atoms with Crippen LogP contribution in [0.5, 0.6) is 0 Å². The monoisotopic (exact) mass is 607 g/mol. The van der Waals surface area contributed by atoms with Crippen molar-refractivity contribution in [3.8, 4) is 5.69 Å². The lowest BCUT2D eigenvalue weighted by molar-refractivity contribution is 0.0205. The predicted molar refractivity (Wildman–Crippen MR) is 159 cm³/mol. The molecule has 7 nitrogen and oxygen atoms in total. The van der Waals surface area contributed by atoms with E-state index in [-0.39, 0.29) is 23.7 Å². The summed E-state index contributed by atoms with van der Waals surface area (Å²) in [6, 6.07) is 12.6. The number of carbonyl (C=O) groups is 1. The first kappa shape index (κ1) is 27.5. The van der Waals surface area contributed by atoms with E-state index in [9.17, 15) is 14.7 Å². The third-order valence-corrected chi connectivity index (χ3v) is 9.53. The molecule has 2 fully saturated rings. The van der Waals surface area contributed by atoms with Crippen molar-refractivity contribution >= 4 is 32.9 Å². The van der Waals surface area contributed by atoms with Crippen LogP contribution in [0, 0.1) is 5.92 Å². The summed E-state index contributed by atoms with van der Waals surface area (Å²) in [4.78, 5) is 32.3. The predicted octanol–water partition coefficient (Wildman–Crippen LogP) is 6.65. The van der Waals surface area contributed by atoms with Gasteiger partial charge in [0.2, 0.25) is 0 Å². The minimum atomic E-state index is -0.496. The number of piperidine rings is 1. The summed E-state index contributed by atoms with van der Waals surface area (Å²) >= 11 is 3.57. The second-order valence-electron chi connectivity index (χ2n) is 12.8. The minimum absolute atomic E-state index is 0.0330. The van der Waals surface area contributed by atoms with Crippen LogP contribution in [-0.4, -0.2) is 50.4 Å². The summed E-state index contributed by atoms with van der Waals surface area (Å²) in [6.07, 6.45) is 6.06. The molecule has 1 aromatic heterocycles. The number of likely N-dealkylation sites (tertiary alicyclic amines) is 1. The van der Waals surface area contributed by atoms with Crippen LogP contribution in [0.2, 0.25) is 0 Å². The number of aliphatic hydroxyl groups excluding tert-OH is 1. The number of hydrogen-bond donors (Lipinski definition) is 1. The molecule has 1 amide bonds. The zero-order valence-electron chi connectivity index (χ0n) is 23.5. The van der Waals surface area contributed by atoms with E-state index in [2.05, 4.69) is 43.7 Å². The first-order valence-corrected chi connectivity index (χ1v) is 15.4. The van der Waals surface area contributed by atoms with Gasteiger partial charge in [-0.25, -0.2) is 4.79 Å². The maximum absolute atomic E-state index is 13.2. The Hall–Kier alpha value is -2.71. The number of benzene rings is 2. The molecule has 40 heavy (non-hydrogen) atoms. The average molecular weight is 609 g/mol. The Balaban J connectivity index is 1.32. The van der Waals surface area contributed by atoms with E-state index in [1.54, 1.807) is 0 Å². The Kier molecular flexibility index (Phi) is 7.28. The van der Waals surface area contributed by atoms with E-state index in [1.807, 2.05) is 43.9 Å². The van der Waals surface area contributed by atoms with Gasteiger partial charge in [-0.05, 0) is 123 Å². The lowest BCUT2D eigenvalue weighted by Crippen LogP contribution is -2.41. The molecule has 1 unspecified atom stereocenters. The van der Waals surface area contributed by atoms with Crippen molar-refractivity contribution in [1.82, 2.24) is 14.5 Å². The van der Waals surface area contributed by atoms with Crippen LogP contribution in [-0.2, 0) is 4.74 Å². The van der Waals surface area contributed by atoms with Crippen LogP contribution in [0.4, 0.5) is 4.79 Å². The standard InChI is InChI=1S/C32H38BrN3O4/c1-32(2,3)40-31(39)35-15-13-20(14-16-35)21-9-12-26-24(18-21)23(11-8-19-7-10-22(37)17-19)29-34-30(38)28-25(33)5-4-6-27(28)36(26)29/h4-6,9,12,18-20,22-23,37H,7-8,10-11,13-17H2,1-3H3/t19-,22-,23?/m1/s1. The van der Waals surface area contributed by atoms with Gasteiger partial charge in [-0.1, -0.05) is 18.2 Å². The fraction of sp³-hybridized carbons (Fsp3) is 0.531. The number of ether oxygens (including phenoxy) is 1. The summed E-state index contributed by atoms with van der Waals surface area (Å²) in [5.41, 5.74) is 3.79. The number of carbonyl (C=O) groups excluding carboxylic acids is 1. The third kappa shape index (κ3) is 5.20. The quantitative estimate of drug-likeness (QED) is 0.359. The van der Waals surface area contributed by atoms with E-state index in [0.717, 1.165) is 66.4 Å². The van der Waals surface area contributed by atoms with Crippen molar-refractivity contribution in [2.45, 2.75) is 89.3 Å². The molecule has 6 rings (SSSR count). The SMILES string of the molecule is CC(C)(C)OC(=O)N1CCC(c2ccc3c(c2)C(CC[C@H]2CC[C@@H](O)C2)c2nc(=O)c4c(Br)cccc4n2-3)CC1. The highest BCUT2D eigenvalue weighted by molar-refractivity contribution is 9.10. The smallest absolute Gasteiger partial charge is 0.410 e. The molecular formula is C32H38BrN3O4. The van der Waals surface area contributed by atoms with Crippen LogP contribution in [0.25, 0.3) is 16.6 Å². The summed E-state index contributed by atoms with van der Waals surface area (Å²) in [5.74, 6) is 1.72. The van der Waals surface area contributed by atoms with E-state index >= 15 is 0 Å². The normalized spacial score (nSPS) is 22.9. The Morgan fingerprint density at radius 3 is 2.58 bits per heavy atom. The molecule has 0 radical (unpaired) electrons. The molecule has 0 bridgehead atoms. The van der Waals surface area contributed by atoms with E-state index in [4.69, 9.17) is 4.74 Å². The maximum Gasteiger partial charge on any atom is 0.410 e. The number of halogens is 1. The van der Waals surface area contributed by atoms with Crippen molar-refractivity contribution in [1.29, 1.82) is 0 Å². The van der Waals surface area contributed by atoms with Gasteiger partial charge in [0.25, 0.3) is 5.56 Å². The van der Waals surface area contributed by atoms with Crippen LogP contribution in [0.1, 0.15) is 94.5 Å². The van der Waals surface area contributed by atoms with Crippen LogP contribution >= 0.6 is 15.9 Å². The fourth-order valence-electron chi connectivity index (χ4n) is 6.90. The lowest BCUT2D eigenvalue weighted by atomic mass is 9.85. The second-order valence-corrected chi connectivity index (χ2v) is 13.6. The largest absolute Gasteiger partial charge is 0.444 e. The Morgan fingerprint density at radius 2 is 1.88 bits per heavy atom. The van der Waals surface area contributed by atoms with Crippen molar-refractivity contribution in [2.75, 3.05) is 13.1 Å². The Bertz CT molecular complexity index is 1500. The fourth-order valence-corrected chi connectivity index (χ4v) is 7.42. The van der Waals surface area contributed by atoms with Crippen molar-refractivity contribution < 1.29 is 14.6 Å². The van der Waals surface area contributed by atoms with E-state index < -0.39 is 5.60 Å². The number of amides is 1. The zero-order valence-corrected chi connectivity index (χ0v) is 25.1. The van der Waals surface area contributed by atoms with E-state index in [0.29, 0.717) is 30.3 Å². The molecule has 3 atom stereocenters. The number of hydrogen-bond acceptors (Lipinski definition) is 5. The van der Waals surface area contributed by atoms with Gasteiger partial charge in [0.15, 0.2) is 0 Å². The van der Waals surface area contributed by atoms with Gasteiger partial charge in [-0.3, -0.25) is 9.36 Å². The van der Waals surface area contributed by atoms with Gasteiger partial charge in [0.1, 0.15) is 11.4 Å². The van der Waals surface area contributed by atoms with Crippen molar-refractivity contribution in [3.05, 3.63) is 68.2 Å². The first-order chi connectivity index (χ1) is 19.1. The molecule has 3 aromatic rings. The molecule has 1 N–H and O–H groups in total. The number of aromatic nitrogens is 2. The van der Waals surface area contributed by atoms with Crippen LogP contribution < -0.4 is 5.56 Å². The van der Waals surface area contributed by atoms with Gasteiger partial charge in [-0.15, -0.1) is 0 Å². The van der Waals surface area contributed by atoms with E-state index in [1.165, 1.54) is 11.1 Å². The van der Waals surface area contributed by atoms with Crippen LogP contribution in [0.3, 0.4) is 0 Å². The topological polar surface area (TPSA) is 84.7 Å². The molecule has 3 heterocycles. The Morgan fingerprint density at radius 1 is 1.10 bits per heavy atom. The molecule has 3 aliphatic rings. The highest BCUT2D eigenvalue weighted by Gasteiger charge is 2.35. The summed E-state index contributed by atoms with van der Waals surface area (Å²) < 4.78 is 8.53. The molecule has 1 aliphatic carbocycles. The molecule has 1 saturated heterocycles. The zero-order chi connectivity index (χ0) is 28.2. The highest BCUT2D eigenvalue weighted by atomic mass is 79.9. The van der Waals surface area contributed by atoms with Gasteiger partial charge in [-0.2, -0.15) is 4.98 Å². The number of aliphatic hydroxyl groups is 1. The van der Waals surface area contributed by atoms with Gasteiger partial charge < -0.3 is 14.7 Å². The van der Waals surface area contributed by atoms with Crippen LogP contribution in [0.15, 0.2) is 45.7 Å². The lowest BCUT2D eigenvalue weighted by Gasteiger charge is -2.33. The number of rotatable bonds is 4. The molecule has 8 heteroatoms. The second kappa shape index (κ2) is 10.6. The van der Waals surface area contributed by atoms with Gasteiger partial charge >= 0.3 is 6.09 Å². The number of nitrogens with zero attached hydrogens (tertiary/aromatic N) is 3. The molecule has 2 aromatic carbocycles. The molecular weight excluding hydrogens is 570 g/mol. The van der Waals surface area contributed by atoms with Crippen molar-refractivity contribution in [3.63, 3.8) is 0 Å². The van der Waals surface area contributed by atoms with Gasteiger partial charge in [0, 0.05) is 23.5 Å². The molecule has 1 saturated carbocycles. The Labute approximate surface area is 243 Å². The molecule has 2 aliphatic heterocycles. The summed E-state index contributed by atoms with van der Waals surface area (Å²) in [6.45, 7) is 7.06. The first-order valence-electron chi connectivity index (χ1n) is 14.6. The molecule has 212 valence electrons. The average Bonchev–Trinajstić information content (AvgIpc) is 3.46. The van der Waals surface area contributed by atoms with Crippen molar-refractivity contribution in [2.24, 2.45) is 5.92 Å².